The van der Waals surface area contributed by atoms with E-state index < -0.39 is 18.7 Å². The highest BCUT2D eigenvalue weighted by Gasteiger charge is 2.37. The molecule has 1 aromatic carbocycles. The van der Waals surface area contributed by atoms with Crippen LogP contribution in [0.5, 0.6) is 11.6 Å². The maximum Gasteiger partial charge on any atom is 0.393 e. The highest BCUT2D eigenvalue weighted by Crippen LogP contribution is 2.36. The number of fused-ring (bicyclic) bond motifs is 1. The van der Waals surface area contributed by atoms with Crippen LogP contribution >= 0.6 is 23.7 Å². The predicted octanol–water partition coefficient (Wildman–Crippen LogP) is 4.81. The van der Waals surface area contributed by atoms with Crippen LogP contribution in [0.4, 0.5) is 19.0 Å². The molecule has 3 aromatic heterocycles. The molecule has 3 heterocycles. The Balaban J connectivity index is 0.00000387. The first-order chi connectivity index (χ1) is 19.1. The third kappa shape index (κ3) is 6.97. The summed E-state index contributed by atoms with van der Waals surface area (Å²) in [6, 6.07) is 11.0. The molecule has 1 aliphatic rings. The molecule has 1 saturated carbocycles. The van der Waals surface area contributed by atoms with E-state index in [1.165, 1.54) is 19.5 Å². The van der Waals surface area contributed by atoms with Crippen molar-refractivity contribution in [2.24, 2.45) is 0 Å². The number of methoxy groups -OCH3 is 2. The largest absolute Gasteiger partial charge is 0.491 e. The van der Waals surface area contributed by atoms with E-state index in [4.69, 9.17) is 9.47 Å². The first-order valence-electron chi connectivity index (χ1n) is 12.6. The van der Waals surface area contributed by atoms with E-state index in [0.717, 1.165) is 22.5 Å². The molecule has 5 rings (SSSR count). The van der Waals surface area contributed by atoms with Crippen molar-refractivity contribution in [3.05, 3.63) is 53.2 Å². The lowest BCUT2D eigenvalue weighted by Gasteiger charge is -2.28. The number of ether oxygens (including phenoxy) is 2. The van der Waals surface area contributed by atoms with Crippen molar-refractivity contribution in [3.8, 4) is 22.9 Å². The van der Waals surface area contributed by atoms with Gasteiger partial charge in [0.25, 0.3) is 5.88 Å². The molecule has 9 nitrogen and oxygen atoms in total. The van der Waals surface area contributed by atoms with Crippen LogP contribution in [0, 0.1) is 0 Å². The molecule has 1 aliphatic carbocycles. The number of anilines is 1. The van der Waals surface area contributed by atoms with Gasteiger partial charge in [-0.3, -0.25) is 0 Å². The summed E-state index contributed by atoms with van der Waals surface area (Å²) in [7, 11) is 4.87. The summed E-state index contributed by atoms with van der Waals surface area (Å²) < 4.78 is 49.2. The molecule has 1 fully saturated rings. The number of thiophene rings is 1. The fourth-order valence-corrected chi connectivity index (χ4v) is 6.06. The minimum absolute atomic E-state index is 0. The van der Waals surface area contributed by atoms with Gasteiger partial charge in [-0.05, 0) is 24.5 Å². The van der Waals surface area contributed by atoms with Crippen LogP contribution in [0.15, 0.2) is 42.7 Å². The molecule has 0 aliphatic heterocycles. The molecule has 3 atom stereocenters. The van der Waals surface area contributed by atoms with Gasteiger partial charge < -0.3 is 24.8 Å². The molecular weight excluding hydrogens is 581 g/mol. The van der Waals surface area contributed by atoms with Crippen molar-refractivity contribution in [3.63, 3.8) is 0 Å². The van der Waals surface area contributed by atoms with Crippen molar-refractivity contribution in [2.75, 3.05) is 26.2 Å². The Hall–Kier alpha value is -3.26. The SMILES string of the molecule is COc1cc(-c2ccc(CN[C@H]3C[C@@H](O)[C@@H](N(C)c4ncnc5sc(CC(F)(F)F)cc45)C3)cc2)nnc1OC.Cl. The van der Waals surface area contributed by atoms with E-state index in [0.29, 0.717) is 52.7 Å². The van der Waals surface area contributed by atoms with Crippen molar-refractivity contribution >= 4 is 39.8 Å². The fourth-order valence-electron chi connectivity index (χ4n) is 5.04. The summed E-state index contributed by atoms with van der Waals surface area (Å²) in [6.45, 7) is 0.606. The fraction of sp³-hybridized carbons (Fsp3) is 0.407. The number of hydrogen-bond donors (Lipinski definition) is 2. The number of halogens is 4. The molecule has 41 heavy (non-hydrogen) atoms. The number of rotatable bonds is 9. The molecule has 0 radical (unpaired) electrons. The van der Waals surface area contributed by atoms with E-state index in [1.54, 1.807) is 13.2 Å². The van der Waals surface area contributed by atoms with Gasteiger partial charge in [-0.15, -0.1) is 33.9 Å². The van der Waals surface area contributed by atoms with Gasteiger partial charge in [-0.25, -0.2) is 9.97 Å². The lowest BCUT2D eigenvalue weighted by molar-refractivity contribution is -0.126. The van der Waals surface area contributed by atoms with Crippen molar-refractivity contribution < 1.29 is 27.8 Å². The van der Waals surface area contributed by atoms with Gasteiger partial charge in [-0.1, -0.05) is 24.3 Å². The number of alkyl halides is 3. The monoisotopic (exact) mass is 610 g/mol. The topological polar surface area (TPSA) is 106 Å². The highest BCUT2D eigenvalue weighted by atomic mass is 35.5. The third-order valence-corrected chi connectivity index (χ3v) is 8.09. The summed E-state index contributed by atoms with van der Waals surface area (Å²) >= 11 is 1.02. The summed E-state index contributed by atoms with van der Waals surface area (Å²) in [4.78, 5) is 11.1. The number of aliphatic hydroxyl groups is 1. The van der Waals surface area contributed by atoms with Crippen LogP contribution in [0.2, 0.25) is 0 Å². The van der Waals surface area contributed by atoms with Crippen LogP contribution in [-0.2, 0) is 13.0 Å². The van der Waals surface area contributed by atoms with E-state index in [9.17, 15) is 18.3 Å². The molecule has 0 bridgehead atoms. The second-order valence-corrected chi connectivity index (χ2v) is 10.8. The minimum Gasteiger partial charge on any atom is -0.491 e. The Labute approximate surface area is 245 Å². The van der Waals surface area contributed by atoms with Crippen LogP contribution < -0.4 is 19.7 Å². The number of aliphatic hydroxyl groups excluding tert-OH is 1. The highest BCUT2D eigenvalue weighted by molar-refractivity contribution is 7.18. The average molecular weight is 611 g/mol. The van der Waals surface area contributed by atoms with E-state index in [1.807, 2.05) is 36.2 Å². The number of hydrogen-bond acceptors (Lipinski definition) is 10. The molecule has 4 aromatic rings. The van der Waals surface area contributed by atoms with Crippen molar-refractivity contribution in [1.82, 2.24) is 25.5 Å². The summed E-state index contributed by atoms with van der Waals surface area (Å²) in [6.07, 6.45) is -3.35. The molecule has 2 N–H and O–H groups in total. The van der Waals surface area contributed by atoms with Gasteiger partial charge in [0.05, 0.1) is 43.9 Å². The number of aromatic nitrogens is 4. The van der Waals surface area contributed by atoms with Gasteiger partial charge in [-0.2, -0.15) is 13.2 Å². The Morgan fingerprint density at radius 2 is 1.83 bits per heavy atom. The van der Waals surface area contributed by atoms with Crippen LogP contribution in [-0.4, -0.2) is 70.9 Å². The van der Waals surface area contributed by atoms with Crippen molar-refractivity contribution in [2.45, 2.75) is 50.2 Å². The summed E-state index contributed by atoms with van der Waals surface area (Å²) in [5.74, 6) is 1.34. The number of likely N-dealkylation sites (N-methyl/N-ethyl adjacent to an activating group) is 1. The summed E-state index contributed by atoms with van der Waals surface area (Å²) in [5, 5.41) is 23.2. The maximum absolute atomic E-state index is 12.9. The lowest BCUT2D eigenvalue weighted by atomic mass is 10.1. The predicted molar refractivity (Wildman–Crippen MR) is 153 cm³/mol. The zero-order valence-electron chi connectivity index (χ0n) is 22.6. The third-order valence-electron chi connectivity index (χ3n) is 7.05. The van der Waals surface area contributed by atoms with Crippen LogP contribution in [0.25, 0.3) is 21.5 Å². The lowest BCUT2D eigenvalue weighted by Crippen LogP contribution is -2.38. The quantitative estimate of drug-likeness (QED) is 0.276. The zero-order valence-corrected chi connectivity index (χ0v) is 24.2. The average Bonchev–Trinajstić information content (AvgIpc) is 3.52. The van der Waals surface area contributed by atoms with E-state index in [-0.39, 0.29) is 29.4 Å². The standard InChI is InChI=1S/C27H29F3N6O3S.ClH/c1-36(24-19-10-18(12-27(28,29)30)40-26(19)33-14-32-24)21-8-17(9-22(21)37)31-13-15-4-6-16(7-5-15)20-11-23(38-2)25(39-3)35-34-20;/h4-7,10-11,14,17,21-22,31,37H,8-9,12-13H2,1-3H3;1H/t17-,21+,22-;/m1./s1. The van der Waals surface area contributed by atoms with Crippen molar-refractivity contribution in [1.29, 1.82) is 0 Å². The molecule has 14 heteroatoms. The maximum atomic E-state index is 12.9. The Kier molecular flexibility index (Phi) is 9.52. The first-order valence-corrected chi connectivity index (χ1v) is 13.5. The Morgan fingerprint density at radius 3 is 2.51 bits per heavy atom. The molecular formula is C27H30ClF3N6O3S. The zero-order chi connectivity index (χ0) is 28.4. The van der Waals surface area contributed by atoms with Gasteiger partial charge in [0.2, 0.25) is 0 Å². The van der Waals surface area contributed by atoms with Gasteiger partial charge in [0.15, 0.2) is 5.75 Å². The number of nitrogens with one attached hydrogen (secondary N) is 1. The molecule has 0 unspecified atom stereocenters. The second kappa shape index (κ2) is 12.7. The van der Waals surface area contributed by atoms with Crippen LogP contribution in [0.1, 0.15) is 23.3 Å². The minimum atomic E-state index is -4.29. The smallest absolute Gasteiger partial charge is 0.393 e. The Bertz CT molecular complexity index is 1470. The first kappa shape index (κ1) is 30.7. The molecule has 0 saturated heterocycles. The van der Waals surface area contributed by atoms with Gasteiger partial charge in [0, 0.05) is 36.1 Å². The van der Waals surface area contributed by atoms with Crippen LogP contribution in [0.3, 0.4) is 0 Å². The normalized spacial score (nSPS) is 18.8. The second-order valence-electron chi connectivity index (χ2n) is 9.72. The Morgan fingerprint density at radius 1 is 1.07 bits per heavy atom. The summed E-state index contributed by atoms with van der Waals surface area (Å²) in [5.41, 5.74) is 2.62. The van der Waals surface area contributed by atoms with Gasteiger partial charge in [0.1, 0.15) is 17.0 Å². The molecule has 0 spiro atoms. The number of benzene rings is 1. The van der Waals surface area contributed by atoms with E-state index >= 15 is 0 Å². The van der Waals surface area contributed by atoms with E-state index in [2.05, 4.69) is 25.5 Å². The molecule has 0 amide bonds. The molecule has 220 valence electrons. The number of nitrogens with zero attached hydrogens (tertiary/aromatic N) is 5. The van der Waals surface area contributed by atoms with Gasteiger partial charge >= 0.3 is 6.18 Å².